The number of ether oxygens (including phenoxy) is 1. The van der Waals surface area contributed by atoms with Crippen molar-refractivity contribution in [2.45, 2.75) is 46.7 Å². The second-order valence-electron chi connectivity index (χ2n) is 5.74. The summed E-state index contributed by atoms with van der Waals surface area (Å²) in [5, 5.41) is 4.86. The topological polar surface area (TPSA) is 34.4 Å². The molecule has 1 aromatic carbocycles. The van der Waals surface area contributed by atoms with Crippen LogP contribution in [0.4, 0.5) is 0 Å². The molecule has 1 aromatic heterocycles. The first-order valence-electron chi connectivity index (χ1n) is 7.97. The van der Waals surface area contributed by atoms with Gasteiger partial charge in [0.15, 0.2) is 0 Å². The molecule has 1 unspecified atom stereocenters. The summed E-state index contributed by atoms with van der Waals surface area (Å²) in [6.07, 6.45) is 0.920. The van der Waals surface area contributed by atoms with E-state index in [-0.39, 0.29) is 0 Å². The van der Waals surface area contributed by atoms with E-state index >= 15 is 0 Å². The zero-order valence-corrected chi connectivity index (χ0v) is 13.6. The van der Waals surface area contributed by atoms with E-state index in [9.17, 15) is 0 Å². The molecule has 1 heterocycles. The number of fused-ring (bicyclic) bond motifs is 1. The van der Waals surface area contributed by atoms with Crippen molar-refractivity contribution in [3.8, 4) is 0 Å². The monoisotopic (exact) mass is 289 g/mol. The summed E-state index contributed by atoms with van der Waals surface area (Å²) < 4.78 is 11.5. The van der Waals surface area contributed by atoms with E-state index in [2.05, 4.69) is 38.2 Å². The minimum atomic E-state index is 0.364. The number of nitrogens with one attached hydrogen (secondary N) is 1. The molecule has 2 aromatic rings. The standard InChI is InChI=1S/C18H27NO2/c1-5-17-15(14-9-7-8-10-18(14)21-17)11-19-16(13(3)4)12-20-6-2/h7-10,13,16,19H,5-6,11-12H2,1-4H3. The molecule has 21 heavy (non-hydrogen) atoms. The predicted molar refractivity (Wildman–Crippen MR) is 87.6 cm³/mol. The van der Waals surface area contributed by atoms with Crippen molar-refractivity contribution in [3.05, 3.63) is 35.6 Å². The smallest absolute Gasteiger partial charge is 0.134 e. The number of furan rings is 1. The quantitative estimate of drug-likeness (QED) is 0.793. The lowest BCUT2D eigenvalue weighted by Crippen LogP contribution is -2.37. The fraction of sp³-hybridized carbons (Fsp3) is 0.556. The van der Waals surface area contributed by atoms with Crippen molar-refractivity contribution in [2.24, 2.45) is 5.92 Å². The Morgan fingerprint density at radius 1 is 1.19 bits per heavy atom. The fourth-order valence-electron chi connectivity index (χ4n) is 2.59. The van der Waals surface area contributed by atoms with E-state index < -0.39 is 0 Å². The van der Waals surface area contributed by atoms with E-state index in [1.165, 1.54) is 10.9 Å². The first-order valence-corrected chi connectivity index (χ1v) is 7.97. The molecule has 0 spiro atoms. The molecule has 2 rings (SSSR count). The first-order chi connectivity index (χ1) is 10.2. The minimum Gasteiger partial charge on any atom is -0.461 e. The molecule has 1 N–H and O–H groups in total. The first kappa shape index (κ1) is 16.1. The van der Waals surface area contributed by atoms with Gasteiger partial charge in [0, 0.05) is 36.6 Å². The molecular formula is C18H27NO2. The van der Waals surface area contributed by atoms with Gasteiger partial charge in [-0.15, -0.1) is 0 Å². The molecule has 0 saturated carbocycles. The largest absolute Gasteiger partial charge is 0.461 e. The van der Waals surface area contributed by atoms with Gasteiger partial charge < -0.3 is 14.5 Å². The van der Waals surface area contributed by atoms with Crippen LogP contribution in [0.25, 0.3) is 11.0 Å². The lowest BCUT2D eigenvalue weighted by molar-refractivity contribution is 0.108. The zero-order chi connectivity index (χ0) is 15.2. The maximum Gasteiger partial charge on any atom is 0.134 e. The van der Waals surface area contributed by atoms with Crippen LogP contribution in [0.2, 0.25) is 0 Å². The summed E-state index contributed by atoms with van der Waals surface area (Å²) in [6.45, 7) is 11.0. The summed E-state index contributed by atoms with van der Waals surface area (Å²) in [6, 6.07) is 8.64. The summed E-state index contributed by atoms with van der Waals surface area (Å²) in [5.74, 6) is 1.63. The third kappa shape index (κ3) is 3.86. The Balaban J connectivity index is 2.14. The predicted octanol–water partition coefficient (Wildman–Crippen LogP) is 4.15. The Morgan fingerprint density at radius 3 is 2.62 bits per heavy atom. The Kier molecular flexibility index (Phi) is 5.83. The van der Waals surface area contributed by atoms with Crippen LogP contribution >= 0.6 is 0 Å². The summed E-state index contributed by atoms with van der Waals surface area (Å²) in [5.41, 5.74) is 2.27. The maximum atomic E-state index is 5.95. The Hall–Kier alpha value is -1.32. The minimum absolute atomic E-state index is 0.364. The van der Waals surface area contributed by atoms with Crippen molar-refractivity contribution < 1.29 is 9.15 Å². The van der Waals surface area contributed by atoms with Crippen molar-refractivity contribution in [1.29, 1.82) is 0 Å². The Bertz CT molecular complexity index is 559. The third-order valence-corrected chi connectivity index (χ3v) is 3.95. The average molecular weight is 289 g/mol. The fourth-order valence-corrected chi connectivity index (χ4v) is 2.59. The molecule has 0 aliphatic carbocycles. The highest BCUT2D eigenvalue weighted by Gasteiger charge is 2.16. The highest BCUT2D eigenvalue weighted by Crippen LogP contribution is 2.26. The van der Waals surface area contributed by atoms with Gasteiger partial charge in [-0.2, -0.15) is 0 Å². The van der Waals surface area contributed by atoms with Crippen LogP contribution < -0.4 is 5.32 Å². The van der Waals surface area contributed by atoms with E-state index in [1.54, 1.807) is 0 Å². The van der Waals surface area contributed by atoms with Crippen LogP contribution in [0.15, 0.2) is 28.7 Å². The summed E-state index contributed by atoms with van der Waals surface area (Å²) in [4.78, 5) is 0. The molecule has 116 valence electrons. The van der Waals surface area contributed by atoms with Crippen LogP contribution in [-0.2, 0) is 17.7 Å². The SMILES string of the molecule is CCOCC(NCc1c(CC)oc2ccccc12)C(C)C. The van der Waals surface area contributed by atoms with Crippen LogP contribution in [0.1, 0.15) is 39.0 Å². The lowest BCUT2D eigenvalue weighted by atomic mass is 10.0. The second-order valence-corrected chi connectivity index (χ2v) is 5.74. The van der Waals surface area contributed by atoms with Gasteiger partial charge in [0.2, 0.25) is 0 Å². The third-order valence-electron chi connectivity index (χ3n) is 3.95. The molecule has 0 fully saturated rings. The van der Waals surface area contributed by atoms with Gasteiger partial charge >= 0.3 is 0 Å². The van der Waals surface area contributed by atoms with Gasteiger partial charge in [0.1, 0.15) is 11.3 Å². The van der Waals surface area contributed by atoms with Crippen LogP contribution in [0.5, 0.6) is 0 Å². The van der Waals surface area contributed by atoms with Crippen LogP contribution in [0, 0.1) is 5.92 Å². The lowest BCUT2D eigenvalue weighted by Gasteiger charge is -2.22. The molecule has 0 aliphatic rings. The molecular weight excluding hydrogens is 262 g/mol. The van der Waals surface area contributed by atoms with E-state index in [0.717, 1.165) is 37.5 Å². The van der Waals surface area contributed by atoms with Crippen molar-refractivity contribution in [1.82, 2.24) is 5.32 Å². The van der Waals surface area contributed by atoms with Crippen LogP contribution in [0.3, 0.4) is 0 Å². The molecule has 0 bridgehead atoms. The second kappa shape index (κ2) is 7.62. The molecule has 3 nitrogen and oxygen atoms in total. The van der Waals surface area contributed by atoms with Gasteiger partial charge in [0.25, 0.3) is 0 Å². The number of hydrogen-bond donors (Lipinski definition) is 1. The molecule has 0 radical (unpaired) electrons. The molecule has 0 aliphatic heterocycles. The van der Waals surface area contributed by atoms with E-state index in [4.69, 9.17) is 9.15 Å². The number of benzene rings is 1. The van der Waals surface area contributed by atoms with Crippen LogP contribution in [-0.4, -0.2) is 19.3 Å². The van der Waals surface area contributed by atoms with E-state index in [0.29, 0.717) is 12.0 Å². The van der Waals surface area contributed by atoms with Gasteiger partial charge in [0.05, 0.1) is 6.61 Å². The Labute approximate surface area is 127 Å². The molecule has 3 heteroatoms. The van der Waals surface area contributed by atoms with Crippen molar-refractivity contribution in [2.75, 3.05) is 13.2 Å². The number of aryl methyl sites for hydroxylation is 1. The highest BCUT2D eigenvalue weighted by atomic mass is 16.5. The number of rotatable bonds is 8. The normalized spacial score (nSPS) is 13.2. The Morgan fingerprint density at radius 2 is 1.95 bits per heavy atom. The van der Waals surface area contributed by atoms with E-state index in [1.807, 2.05) is 19.1 Å². The number of hydrogen-bond acceptors (Lipinski definition) is 3. The van der Waals surface area contributed by atoms with Gasteiger partial charge in [-0.1, -0.05) is 39.0 Å². The molecule has 1 atom stereocenters. The van der Waals surface area contributed by atoms with Gasteiger partial charge in [-0.25, -0.2) is 0 Å². The number of para-hydroxylation sites is 1. The van der Waals surface area contributed by atoms with Crippen molar-refractivity contribution >= 4 is 11.0 Å². The summed E-state index contributed by atoms with van der Waals surface area (Å²) >= 11 is 0. The summed E-state index contributed by atoms with van der Waals surface area (Å²) in [7, 11) is 0. The van der Waals surface area contributed by atoms with Gasteiger partial charge in [-0.05, 0) is 18.9 Å². The average Bonchev–Trinajstić information content (AvgIpc) is 2.85. The highest BCUT2D eigenvalue weighted by molar-refractivity contribution is 5.82. The zero-order valence-electron chi connectivity index (χ0n) is 13.6. The maximum absolute atomic E-state index is 5.95. The molecule has 0 saturated heterocycles. The molecule has 0 amide bonds. The van der Waals surface area contributed by atoms with Gasteiger partial charge in [-0.3, -0.25) is 0 Å². The van der Waals surface area contributed by atoms with Crippen molar-refractivity contribution in [3.63, 3.8) is 0 Å².